The summed E-state index contributed by atoms with van der Waals surface area (Å²) in [7, 11) is 3.64. The highest BCUT2D eigenvalue weighted by molar-refractivity contribution is 5.77. The van der Waals surface area contributed by atoms with E-state index in [4.69, 9.17) is 10.5 Å². The first kappa shape index (κ1) is 20.1. The third kappa shape index (κ3) is 4.91. The lowest BCUT2D eigenvalue weighted by atomic mass is 10.1. The van der Waals surface area contributed by atoms with Crippen LogP contribution in [-0.2, 0) is 6.54 Å². The van der Waals surface area contributed by atoms with Crippen LogP contribution in [0.4, 0.5) is 17.3 Å². The summed E-state index contributed by atoms with van der Waals surface area (Å²) in [6.45, 7) is 11.0. The van der Waals surface area contributed by atoms with Crippen LogP contribution >= 0.6 is 0 Å². The van der Waals surface area contributed by atoms with Crippen LogP contribution in [-0.4, -0.2) is 30.7 Å². The second kappa shape index (κ2) is 9.47. The van der Waals surface area contributed by atoms with Crippen molar-refractivity contribution in [3.63, 3.8) is 0 Å². The Morgan fingerprint density at radius 1 is 1.26 bits per heavy atom. The lowest BCUT2D eigenvalue weighted by molar-refractivity contribution is 0.293. The average Bonchev–Trinajstić information content (AvgIpc) is 2.69. The molecule has 0 aliphatic carbocycles. The van der Waals surface area contributed by atoms with E-state index in [1.165, 1.54) is 0 Å². The molecule has 0 saturated heterocycles. The van der Waals surface area contributed by atoms with E-state index in [9.17, 15) is 0 Å². The van der Waals surface area contributed by atoms with Gasteiger partial charge < -0.3 is 26.0 Å². The van der Waals surface area contributed by atoms with Crippen molar-refractivity contribution < 1.29 is 4.74 Å². The molecule has 144 valence electrons. The van der Waals surface area contributed by atoms with Crippen LogP contribution in [0.2, 0.25) is 0 Å². The van der Waals surface area contributed by atoms with Gasteiger partial charge in [-0.2, -0.15) is 9.97 Å². The maximum absolute atomic E-state index is 6.09. The van der Waals surface area contributed by atoms with Gasteiger partial charge in [-0.05, 0) is 23.7 Å². The molecule has 0 fully saturated rings. The summed E-state index contributed by atoms with van der Waals surface area (Å²) in [5, 5.41) is 6.11. The van der Waals surface area contributed by atoms with Gasteiger partial charge in [0, 0.05) is 26.3 Å². The molecule has 1 heterocycles. The maximum atomic E-state index is 6.09. The molecule has 4 N–H and O–H groups in total. The Balaban J connectivity index is 2.31. The molecule has 0 aliphatic heterocycles. The Kier molecular flexibility index (Phi) is 7.05. The van der Waals surface area contributed by atoms with E-state index in [-0.39, 0.29) is 6.01 Å². The first-order valence-corrected chi connectivity index (χ1v) is 8.87. The van der Waals surface area contributed by atoms with Crippen molar-refractivity contribution in [3.8, 4) is 6.01 Å². The number of hydrogen-bond donors (Lipinski definition) is 3. The second-order valence-electron chi connectivity index (χ2n) is 5.92. The largest absolute Gasteiger partial charge is 0.463 e. The highest BCUT2D eigenvalue weighted by atomic mass is 16.5. The van der Waals surface area contributed by atoms with Gasteiger partial charge in [-0.3, -0.25) is 0 Å². The fourth-order valence-electron chi connectivity index (χ4n) is 2.53. The average molecular weight is 368 g/mol. The number of benzene rings is 1. The Hall–Kier alpha value is -3.22. The van der Waals surface area contributed by atoms with Crippen LogP contribution in [0, 0.1) is 0 Å². The molecule has 2 aromatic rings. The van der Waals surface area contributed by atoms with Gasteiger partial charge in [-0.1, -0.05) is 44.3 Å². The van der Waals surface area contributed by atoms with E-state index in [1.54, 1.807) is 13.2 Å². The number of rotatable bonds is 10. The number of nitrogens with two attached hydrogens (primary N) is 1. The Morgan fingerprint density at radius 3 is 2.52 bits per heavy atom. The van der Waals surface area contributed by atoms with Crippen LogP contribution < -0.4 is 26.0 Å². The van der Waals surface area contributed by atoms with Crippen LogP contribution in [0.25, 0.3) is 5.70 Å². The molecule has 27 heavy (non-hydrogen) atoms. The molecule has 0 bridgehead atoms. The molecule has 0 spiro atoms. The lowest BCUT2D eigenvalue weighted by Gasteiger charge is -2.23. The van der Waals surface area contributed by atoms with Crippen molar-refractivity contribution in [2.75, 3.05) is 36.7 Å². The summed E-state index contributed by atoms with van der Waals surface area (Å²) in [5.74, 6) is 0.955. The summed E-state index contributed by atoms with van der Waals surface area (Å²) < 4.78 is 5.57. The van der Waals surface area contributed by atoms with Crippen LogP contribution in [0.5, 0.6) is 6.01 Å². The summed E-state index contributed by atoms with van der Waals surface area (Å²) in [4.78, 5) is 10.6. The molecule has 0 atom stereocenters. The van der Waals surface area contributed by atoms with Crippen molar-refractivity contribution >= 4 is 23.0 Å². The Morgan fingerprint density at radius 2 is 1.96 bits per heavy atom. The minimum Gasteiger partial charge on any atom is -0.463 e. The van der Waals surface area contributed by atoms with Crippen LogP contribution in [0.15, 0.2) is 43.6 Å². The number of hydrogen-bond acceptors (Lipinski definition) is 7. The topological polar surface area (TPSA) is 88.3 Å². The predicted molar refractivity (Wildman–Crippen MR) is 113 cm³/mol. The molecule has 7 nitrogen and oxygen atoms in total. The zero-order chi connectivity index (χ0) is 19.8. The minimum atomic E-state index is 0.260. The number of nitrogen functional groups attached to an aromatic ring is 1. The summed E-state index contributed by atoms with van der Waals surface area (Å²) in [6.07, 6.45) is 2.58. The fraction of sp³-hybridized carbons (Fsp3) is 0.300. The number of nitrogens with zero attached hydrogens (tertiary/aromatic N) is 3. The summed E-state index contributed by atoms with van der Waals surface area (Å²) in [6, 6.07) is 8.41. The molecular weight excluding hydrogens is 340 g/mol. The van der Waals surface area contributed by atoms with Gasteiger partial charge in [0.1, 0.15) is 5.69 Å². The maximum Gasteiger partial charge on any atom is 0.320 e. The van der Waals surface area contributed by atoms with Crippen molar-refractivity contribution in [2.24, 2.45) is 0 Å². The van der Waals surface area contributed by atoms with E-state index in [1.807, 2.05) is 43.1 Å². The third-order valence-corrected chi connectivity index (χ3v) is 4.03. The molecule has 1 aromatic carbocycles. The van der Waals surface area contributed by atoms with E-state index in [2.05, 4.69) is 33.8 Å². The van der Waals surface area contributed by atoms with Gasteiger partial charge in [-0.25, -0.2) is 0 Å². The molecule has 2 rings (SSSR count). The summed E-state index contributed by atoms with van der Waals surface area (Å²) in [5.41, 5.74) is 9.74. The standard InChI is InChI=1S/C20H28N6O/c1-6-12-27-20-24-18(21)17(23-5)19(25-20)26(7-2)13-15-8-10-16(11-9-15)14(3)22-4/h7-11,22-23H,2-3,6,12-13H2,1,4-5H3,(H2,21,24,25). The van der Waals surface area contributed by atoms with Gasteiger partial charge >= 0.3 is 6.01 Å². The molecule has 0 saturated carbocycles. The number of aromatic nitrogens is 2. The third-order valence-electron chi connectivity index (χ3n) is 4.03. The van der Waals surface area contributed by atoms with Gasteiger partial charge in [0.05, 0.1) is 6.61 Å². The zero-order valence-corrected chi connectivity index (χ0v) is 16.2. The molecule has 1 aromatic heterocycles. The van der Waals surface area contributed by atoms with E-state index in [0.717, 1.165) is 23.2 Å². The minimum absolute atomic E-state index is 0.260. The van der Waals surface area contributed by atoms with Crippen LogP contribution in [0.1, 0.15) is 24.5 Å². The molecular formula is C20H28N6O. The van der Waals surface area contributed by atoms with Gasteiger partial charge in [0.15, 0.2) is 11.6 Å². The quantitative estimate of drug-likeness (QED) is 0.593. The molecule has 0 aliphatic rings. The second-order valence-corrected chi connectivity index (χ2v) is 5.92. The van der Waals surface area contributed by atoms with Crippen molar-refractivity contribution in [1.82, 2.24) is 15.3 Å². The number of nitrogens with one attached hydrogen (secondary N) is 2. The van der Waals surface area contributed by atoms with Crippen molar-refractivity contribution in [1.29, 1.82) is 0 Å². The zero-order valence-electron chi connectivity index (χ0n) is 16.2. The first-order valence-electron chi connectivity index (χ1n) is 8.87. The Bertz CT molecular complexity index is 788. The van der Waals surface area contributed by atoms with Crippen molar-refractivity contribution in [3.05, 3.63) is 54.8 Å². The van der Waals surface area contributed by atoms with E-state index in [0.29, 0.717) is 30.5 Å². The Labute approximate surface area is 161 Å². The number of anilines is 3. The lowest BCUT2D eigenvalue weighted by Crippen LogP contribution is -2.20. The highest BCUT2D eigenvalue weighted by Crippen LogP contribution is 2.31. The monoisotopic (exact) mass is 368 g/mol. The highest BCUT2D eigenvalue weighted by Gasteiger charge is 2.17. The van der Waals surface area contributed by atoms with Crippen LogP contribution in [0.3, 0.4) is 0 Å². The predicted octanol–water partition coefficient (Wildman–Crippen LogP) is 3.23. The molecule has 0 radical (unpaired) electrons. The van der Waals surface area contributed by atoms with E-state index < -0.39 is 0 Å². The number of ether oxygens (including phenoxy) is 1. The smallest absolute Gasteiger partial charge is 0.320 e. The van der Waals surface area contributed by atoms with E-state index >= 15 is 0 Å². The van der Waals surface area contributed by atoms with Gasteiger partial charge in [0.25, 0.3) is 0 Å². The molecule has 0 unspecified atom stereocenters. The SMILES string of the molecule is C=CN(Cc1ccc(C(=C)NC)cc1)c1nc(OCCC)nc(N)c1NC. The fourth-order valence-corrected chi connectivity index (χ4v) is 2.53. The first-order chi connectivity index (χ1) is 13.0. The molecule has 0 amide bonds. The normalized spacial score (nSPS) is 10.2. The molecule has 7 heteroatoms. The van der Waals surface area contributed by atoms with Gasteiger partial charge in [-0.15, -0.1) is 0 Å². The van der Waals surface area contributed by atoms with Crippen molar-refractivity contribution in [2.45, 2.75) is 19.9 Å². The van der Waals surface area contributed by atoms with Gasteiger partial charge in [0.2, 0.25) is 0 Å². The summed E-state index contributed by atoms with van der Waals surface area (Å²) >= 11 is 0.